The largest absolute Gasteiger partial charge is 0.367 e. The molecule has 0 radical (unpaired) electrons. The second kappa shape index (κ2) is 8.84. The number of piperazine rings is 1. The topological polar surface area (TPSA) is 76.4 Å². The van der Waals surface area contributed by atoms with Crippen LogP contribution in [0.15, 0.2) is 42.5 Å². The van der Waals surface area contributed by atoms with Crippen LogP contribution >= 0.6 is 0 Å². The Hall–Kier alpha value is -3.24. The Labute approximate surface area is 169 Å². The van der Waals surface area contributed by atoms with Crippen molar-refractivity contribution in [1.29, 1.82) is 5.26 Å². The third-order valence-corrected chi connectivity index (χ3v) is 5.20. The summed E-state index contributed by atoms with van der Waals surface area (Å²) in [7, 11) is 0. The first kappa shape index (κ1) is 20.5. The van der Waals surface area contributed by atoms with Crippen LogP contribution in [0.25, 0.3) is 0 Å². The monoisotopic (exact) mass is 394 g/mol. The SMILES string of the molecule is CC(=O)c1ccc(N2CCN(C(C)C(=O)Nc3cccc(C#N)c3)CC2)c(F)c1. The number of halogens is 1. The Balaban J connectivity index is 1.59. The number of anilines is 2. The van der Waals surface area contributed by atoms with Gasteiger partial charge in [-0.25, -0.2) is 4.39 Å². The number of Topliss-reactive ketones (excluding diaryl/α,β-unsaturated/α-hetero) is 1. The minimum Gasteiger partial charge on any atom is -0.367 e. The highest BCUT2D eigenvalue weighted by Gasteiger charge is 2.26. The molecule has 1 N–H and O–H groups in total. The van der Waals surface area contributed by atoms with Gasteiger partial charge in [-0.3, -0.25) is 14.5 Å². The van der Waals surface area contributed by atoms with Gasteiger partial charge in [0.25, 0.3) is 0 Å². The van der Waals surface area contributed by atoms with Crippen LogP contribution in [0.2, 0.25) is 0 Å². The lowest BCUT2D eigenvalue weighted by atomic mass is 10.1. The van der Waals surface area contributed by atoms with E-state index < -0.39 is 5.82 Å². The number of carbonyl (C=O) groups is 2. The Bertz CT molecular complexity index is 962. The van der Waals surface area contributed by atoms with Gasteiger partial charge in [-0.2, -0.15) is 5.26 Å². The predicted molar refractivity (Wildman–Crippen MR) is 109 cm³/mol. The van der Waals surface area contributed by atoms with Gasteiger partial charge in [-0.1, -0.05) is 6.07 Å². The van der Waals surface area contributed by atoms with E-state index in [2.05, 4.69) is 11.4 Å². The van der Waals surface area contributed by atoms with Crippen molar-refractivity contribution in [3.8, 4) is 6.07 Å². The number of nitrogens with one attached hydrogen (secondary N) is 1. The molecule has 2 aromatic rings. The molecule has 3 rings (SSSR count). The molecule has 1 saturated heterocycles. The Kier molecular flexibility index (Phi) is 6.25. The van der Waals surface area contributed by atoms with Gasteiger partial charge in [-0.15, -0.1) is 0 Å². The van der Waals surface area contributed by atoms with E-state index in [4.69, 9.17) is 5.26 Å². The van der Waals surface area contributed by atoms with Crippen LogP contribution in [-0.4, -0.2) is 48.8 Å². The van der Waals surface area contributed by atoms with E-state index in [9.17, 15) is 14.0 Å². The fourth-order valence-electron chi connectivity index (χ4n) is 3.41. The number of rotatable bonds is 5. The number of carbonyl (C=O) groups excluding carboxylic acids is 2. The van der Waals surface area contributed by atoms with Gasteiger partial charge in [0, 0.05) is 37.4 Å². The zero-order valence-corrected chi connectivity index (χ0v) is 16.5. The molecule has 6 nitrogen and oxygen atoms in total. The molecule has 7 heteroatoms. The Morgan fingerprint density at radius 3 is 2.48 bits per heavy atom. The van der Waals surface area contributed by atoms with Crippen LogP contribution in [-0.2, 0) is 4.79 Å². The average molecular weight is 394 g/mol. The molecule has 0 aromatic heterocycles. The molecule has 1 fully saturated rings. The summed E-state index contributed by atoms with van der Waals surface area (Å²) in [6.45, 7) is 5.63. The van der Waals surface area contributed by atoms with E-state index in [0.29, 0.717) is 48.7 Å². The third kappa shape index (κ3) is 4.79. The molecule has 1 aliphatic heterocycles. The fourth-order valence-corrected chi connectivity index (χ4v) is 3.41. The van der Waals surface area contributed by atoms with Crippen molar-refractivity contribution >= 4 is 23.1 Å². The number of benzene rings is 2. The van der Waals surface area contributed by atoms with Gasteiger partial charge in [0.2, 0.25) is 5.91 Å². The standard InChI is InChI=1S/C22H23FN4O2/c1-15(22(29)25-19-5-3-4-17(12-19)14-24)26-8-10-27(11-9-26)21-7-6-18(16(2)28)13-20(21)23/h3-7,12-13,15H,8-11H2,1-2H3,(H,25,29). The van der Waals surface area contributed by atoms with Crippen molar-refractivity contribution in [2.75, 3.05) is 36.4 Å². The molecule has 1 amide bonds. The van der Waals surface area contributed by atoms with Crippen LogP contribution < -0.4 is 10.2 Å². The second-order valence-electron chi connectivity index (χ2n) is 7.10. The molecule has 150 valence electrons. The van der Waals surface area contributed by atoms with E-state index in [1.165, 1.54) is 13.0 Å². The molecule has 0 spiro atoms. The zero-order chi connectivity index (χ0) is 21.0. The number of amides is 1. The zero-order valence-electron chi connectivity index (χ0n) is 16.5. The van der Waals surface area contributed by atoms with Crippen molar-refractivity contribution < 1.29 is 14.0 Å². The maximum absolute atomic E-state index is 14.4. The van der Waals surface area contributed by atoms with Gasteiger partial charge in [0.05, 0.1) is 23.4 Å². The Morgan fingerprint density at radius 2 is 1.86 bits per heavy atom. The summed E-state index contributed by atoms with van der Waals surface area (Å²) >= 11 is 0. The summed E-state index contributed by atoms with van der Waals surface area (Å²) in [6.07, 6.45) is 0. The number of ketones is 1. The highest BCUT2D eigenvalue weighted by molar-refractivity contribution is 5.95. The van der Waals surface area contributed by atoms with Crippen molar-refractivity contribution in [1.82, 2.24) is 4.90 Å². The predicted octanol–water partition coefficient (Wildman–Crippen LogP) is 3.05. The van der Waals surface area contributed by atoms with Crippen LogP contribution in [0, 0.1) is 17.1 Å². The van der Waals surface area contributed by atoms with Crippen molar-refractivity contribution in [3.05, 3.63) is 59.4 Å². The molecule has 0 saturated carbocycles. The Morgan fingerprint density at radius 1 is 1.14 bits per heavy atom. The molecular formula is C22H23FN4O2. The molecule has 1 unspecified atom stereocenters. The van der Waals surface area contributed by atoms with E-state index >= 15 is 0 Å². The first-order valence-corrected chi connectivity index (χ1v) is 9.49. The second-order valence-corrected chi connectivity index (χ2v) is 7.10. The number of hydrogen-bond donors (Lipinski definition) is 1. The lowest BCUT2D eigenvalue weighted by molar-refractivity contribution is -0.120. The van der Waals surface area contributed by atoms with E-state index in [1.54, 1.807) is 36.4 Å². The van der Waals surface area contributed by atoms with Crippen molar-refractivity contribution in [3.63, 3.8) is 0 Å². The smallest absolute Gasteiger partial charge is 0.241 e. The van der Waals surface area contributed by atoms with E-state index in [0.717, 1.165) is 0 Å². The number of nitrogens with zero attached hydrogens (tertiary/aromatic N) is 3. The quantitative estimate of drug-likeness (QED) is 0.789. The minimum absolute atomic E-state index is 0.148. The molecule has 1 atom stereocenters. The fraction of sp³-hybridized carbons (Fsp3) is 0.318. The molecule has 29 heavy (non-hydrogen) atoms. The van der Waals surface area contributed by atoms with Crippen molar-refractivity contribution in [2.24, 2.45) is 0 Å². The lowest BCUT2D eigenvalue weighted by Gasteiger charge is -2.38. The highest BCUT2D eigenvalue weighted by atomic mass is 19.1. The summed E-state index contributed by atoms with van der Waals surface area (Å²) in [5.41, 5.74) is 1.91. The first-order chi connectivity index (χ1) is 13.9. The summed E-state index contributed by atoms with van der Waals surface area (Å²) in [5.74, 6) is -0.722. The lowest BCUT2D eigenvalue weighted by Crippen LogP contribution is -2.53. The van der Waals surface area contributed by atoms with Crippen LogP contribution in [0.4, 0.5) is 15.8 Å². The molecule has 0 aliphatic carbocycles. The molecule has 0 bridgehead atoms. The number of hydrogen-bond acceptors (Lipinski definition) is 5. The summed E-state index contributed by atoms with van der Waals surface area (Å²) < 4.78 is 14.4. The highest BCUT2D eigenvalue weighted by Crippen LogP contribution is 2.23. The van der Waals surface area contributed by atoms with E-state index in [1.807, 2.05) is 16.7 Å². The molecule has 1 heterocycles. The van der Waals surface area contributed by atoms with Crippen LogP contribution in [0.5, 0.6) is 0 Å². The summed E-state index contributed by atoms with van der Waals surface area (Å²) in [6, 6.07) is 13.0. The third-order valence-electron chi connectivity index (χ3n) is 5.20. The molecule has 2 aromatic carbocycles. The van der Waals surface area contributed by atoms with Gasteiger partial charge < -0.3 is 10.2 Å². The van der Waals surface area contributed by atoms with Crippen LogP contribution in [0.1, 0.15) is 29.8 Å². The average Bonchev–Trinajstić information content (AvgIpc) is 2.73. The minimum atomic E-state index is -0.408. The van der Waals surface area contributed by atoms with Gasteiger partial charge in [0.15, 0.2) is 5.78 Å². The molecule has 1 aliphatic rings. The maximum atomic E-state index is 14.4. The normalized spacial score (nSPS) is 15.4. The van der Waals surface area contributed by atoms with Gasteiger partial charge in [-0.05, 0) is 50.2 Å². The summed E-state index contributed by atoms with van der Waals surface area (Å²) in [4.78, 5) is 27.9. The van der Waals surface area contributed by atoms with Gasteiger partial charge in [0.1, 0.15) is 5.82 Å². The maximum Gasteiger partial charge on any atom is 0.241 e. The van der Waals surface area contributed by atoms with E-state index in [-0.39, 0.29) is 17.7 Å². The van der Waals surface area contributed by atoms with Gasteiger partial charge >= 0.3 is 0 Å². The first-order valence-electron chi connectivity index (χ1n) is 9.49. The van der Waals surface area contributed by atoms with Crippen LogP contribution in [0.3, 0.4) is 0 Å². The molecular weight excluding hydrogens is 371 g/mol. The van der Waals surface area contributed by atoms with Crippen molar-refractivity contribution in [2.45, 2.75) is 19.9 Å². The number of nitriles is 1. The summed E-state index contributed by atoms with van der Waals surface area (Å²) in [5, 5.41) is 11.8.